The Hall–Kier alpha value is 0.300. The first-order chi connectivity index (χ1) is 6.59. The van der Waals surface area contributed by atoms with E-state index in [1.165, 1.54) is 10.6 Å². The zero-order valence-corrected chi connectivity index (χ0v) is 10.9. The van der Waals surface area contributed by atoms with Crippen molar-refractivity contribution in [3.05, 3.63) is 21.3 Å². The normalized spacial score (nSPS) is 13.5. The summed E-state index contributed by atoms with van der Waals surface area (Å²) >= 11 is 9.34. The predicted octanol–water partition coefficient (Wildman–Crippen LogP) is 3.79. The number of hydrogen-bond donors (Lipinski definition) is 1. The molecule has 1 nitrogen and oxygen atoms in total. The molecule has 0 aliphatic rings. The summed E-state index contributed by atoms with van der Waals surface area (Å²) in [6.45, 7) is 4.45. The average molecular weight is 250 g/mol. The van der Waals surface area contributed by atoms with Gasteiger partial charge < -0.3 is 5.73 Å². The highest BCUT2D eigenvalue weighted by Gasteiger charge is 2.08. The van der Waals surface area contributed by atoms with Gasteiger partial charge in [0.1, 0.15) is 0 Å². The van der Waals surface area contributed by atoms with Crippen LogP contribution in [0.2, 0.25) is 4.34 Å². The maximum Gasteiger partial charge on any atom is 0.0931 e. The lowest BCUT2D eigenvalue weighted by Crippen LogP contribution is -2.12. The van der Waals surface area contributed by atoms with Crippen LogP contribution < -0.4 is 5.73 Å². The van der Waals surface area contributed by atoms with Gasteiger partial charge in [-0.1, -0.05) is 25.4 Å². The minimum Gasteiger partial charge on any atom is -0.323 e. The predicted molar refractivity (Wildman–Crippen MR) is 68.4 cm³/mol. The van der Waals surface area contributed by atoms with Gasteiger partial charge in [0, 0.05) is 16.7 Å². The summed E-state index contributed by atoms with van der Waals surface area (Å²) in [5.41, 5.74) is 6.03. The van der Waals surface area contributed by atoms with Gasteiger partial charge in [-0.3, -0.25) is 0 Å². The second-order valence-corrected chi connectivity index (χ2v) is 6.50. The van der Waals surface area contributed by atoms with E-state index >= 15 is 0 Å². The van der Waals surface area contributed by atoms with Gasteiger partial charge >= 0.3 is 0 Å². The van der Waals surface area contributed by atoms with Crippen LogP contribution in [0.3, 0.4) is 0 Å². The number of halogens is 1. The van der Waals surface area contributed by atoms with Crippen molar-refractivity contribution in [2.24, 2.45) is 11.7 Å². The van der Waals surface area contributed by atoms with E-state index in [0.717, 1.165) is 16.0 Å². The second kappa shape index (κ2) is 6.01. The Balaban J connectivity index is 2.32. The minimum absolute atomic E-state index is 0.135. The van der Waals surface area contributed by atoms with Crippen LogP contribution in [-0.2, 0) is 0 Å². The highest BCUT2D eigenvalue weighted by molar-refractivity contribution is 7.99. The van der Waals surface area contributed by atoms with Crippen molar-refractivity contribution < 1.29 is 0 Å². The third-order valence-electron chi connectivity index (χ3n) is 1.71. The summed E-state index contributed by atoms with van der Waals surface area (Å²) in [7, 11) is 0. The fraction of sp³-hybridized carbons (Fsp3) is 0.600. The number of rotatable bonds is 5. The summed E-state index contributed by atoms with van der Waals surface area (Å²) in [6, 6.07) is 4.07. The highest BCUT2D eigenvalue weighted by Crippen LogP contribution is 2.27. The van der Waals surface area contributed by atoms with E-state index in [1.54, 1.807) is 11.3 Å². The lowest BCUT2D eigenvalue weighted by molar-refractivity contribution is 0.747. The molecular weight excluding hydrogens is 234 g/mol. The fourth-order valence-electron chi connectivity index (χ4n) is 1.04. The smallest absolute Gasteiger partial charge is 0.0931 e. The van der Waals surface area contributed by atoms with Crippen LogP contribution in [0.1, 0.15) is 24.8 Å². The van der Waals surface area contributed by atoms with Gasteiger partial charge in [-0.05, 0) is 23.8 Å². The van der Waals surface area contributed by atoms with Crippen LogP contribution in [0.4, 0.5) is 0 Å². The minimum atomic E-state index is 0.135. The molecule has 2 N–H and O–H groups in total. The SMILES string of the molecule is CC(C)CSCC(N)c1ccc(Cl)s1. The van der Waals surface area contributed by atoms with Crippen molar-refractivity contribution in [1.82, 2.24) is 0 Å². The van der Waals surface area contributed by atoms with Gasteiger partial charge in [0.15, 0.2) is 0 Å². The zero-order chi connectivity index (χ0) is 10.6. The number of hydrogen-bond acceptors (Lipinski definition) is 3. The summed E-state index contributed by atoms with van der Waals surface area (Å²) < 4.78 is 0.823. The number of thioether (sulfide) groups is 1. The first kappa shape index (κ1) is 12.4. The van der Waals surface area contributed by atoms with Crippen LogP contribution >= 0.6 is 34.7 Å². The molecule has 0 fully saturated rings. The fourth-order valence-corrected chi connectivity index (χ4v) is 3.25. The van der Waals surface area contributed by atoms with Crippen LogP contribution in [0.25, 0.3) is 0 Å². The molecule has 0 radical (unpaired) electrons. The van der Waals surface area contributed by atoms with Gasteiger partial charge in [-0.15, -0.1) is 11.3 Å². The molecule has 0 spiro atoms. The molecule has 0 aliphatic carbocycles. The number of nitrogens with two attached hydrogens (primary N) is 1. The van der Waals surface area contributed by atoms with Crippen molar-refractivity contribution in [3.63, 3.8) is 0 Å². The Bertz CT molecular complexity index is 273. The van der Waals surface area contributed by atoms with E-state index in [0.29, 0.717) is 0 Å². The summed E-state index contributed by atoms with van der Waals surface area (Å²) in [4.78, 5) is 1.19. The lowest BCUT2D eigenvalue weighted by atomic mass is 10.3. The summed E-state index contributed by atoms with van der Waals surface area (Å²) in [5, 5.41) is 0. The van der Waals surface area contributed by atoms with Crippen molar-refractivity contribution in [2.45, 2.75) is 19.9 Å². The van der Waals surface area contributed by atoms with Gasteiger partial charge in [-0.2, -0.15) is 11.8 Å². The molecule has 0 amide bonds. The molecule has 1 unspecified atom stereocenters. The van der Waals surface area contributed by atoms with E-state index in [1.807, 2.05) is 23.9 Å². The van der Waals surface area contributed by atoms with Crippen LogP contribution in [0.5, 0.6) is 0 Å². The summed E-state index contributed by atoms with van der Waals surface area (Å²) in [5.74, 6) is 2.89. The Labute approximate surface area is 99.0 Å². The molecule has 0 bridgehead atoms. The molecule has 1 rings (SSSR count). The molecule has 0 saturated carbocycles. The molecule has 0 aliphatic heterocycles. The largest absolute Gasteiger partial charge is 0.323 e. The molecule has 1 atom stereocenters. The Kier molecular flexibility index (Phi) is 5.31. The van der Waals surface area contributed by atoms with Crippen molar-refractivity contribution in [3.8, 4) is 0 Å². The standard InChI is InChI=1S/C10H16ClNS2/c1-7(2)5-13-6-8(12)9-3-4-10(11)14-9/h3-4,7-8H,5-6,12H2,1-2H3. The molecule has 0 saturated heterocycles. The Morgan fingerprint density at radius 1 is 1.43 bits per heavy atom. The zero-order valence-electron chi connectivity index (χ0n) is 8.50. The molecule has 4 heteroatoms. The maximum atomic E-state index is 6.03. The summed E-state index contributed by atoms with van der Waals surface area (Å²) in [6.07, 6.45) is 0. The quantitative estimate of drug-likeness (QED) is 0.859. The molecule has 0 aromatic carbocycles. The lowest BCUT2D eigenvalue weighted by Gasteiger charge is -2.10. The maximum absolute atomic E-state index is 6.03. The molecule has 80 valence electrons. The molecule has 1 aromatic rings. The van der Waals surface area contributed by atoms with Crippen LogP contribution in [0.15, 0.2) is 12.1 Å². The Morgan fingerprint density at radius 3 is 2.64 bits per heavy atom. The van der Waals surface area contributed by atoms with Crippen LogP contribution in [-0.4, -0.2) is 11.5 Å². The van der Waals surface area contributed by atoms with Gasteiger partial charge in [-0.25, -0.2) is 0 Å². The number of thiophene rings is 1. The first-order valence-electron chi connectivity index (χ1n) is 4.68. The van der Waals surface area contributed by atoms with Crippen molar-refractivity contribution >= 4 is 34.7 Å². The van der Waals surface area contributed by atoms with Crippen molar-refractivity contribution in [1.29, 1.82) is 0 Å². The molecule has 1 aromatic heterocycles. The molecular formula is C10H16ClNS2. The van der Waals surface area contributed by atoms with E-state index in [9.17, 15) is 0 Å². The highest BCUT2D eigenvalue weighted by atomic mass is 35.5. The second-order valence-electron chi connectivity index (χ2n) is 3.68. The van der Waals surface area contributed by atoms with Crippen molar-refractivity contribution in [2.75, 3.05) is 11.5 Å². The third kappa shape index (κ3) is 4.22. The van der Waals surface area contributed by atoms with E-state index in [4.69, 9.17) is 17.3 Å². The van der Waals surface area contributed by atoms with Crippen LogP contribution in [0, 0.1) is 5.92 Å². The van der Waals surface area contributed by atoms with E-state index in [-0.39, 0.29) is 6.04 Å². The van der Waals surface area contributed by atoms with E-state index < -0.39 is 0 Å². The average Bonchev–Trinajstić information content (AvgIpc) is 2.51. The molecule has 14 heavy (non-hydrogen) atoms. The Morgan fingerprint density at radius 2 is 2.14 bits per heavy atom. The molecule has 1 heterocycles. The van der Waals surface area contributed by atoms with E-state index in [2.05, 4.69) is 13.8 Å². The first-order valence-corrected chi connectivity index (χ1v) is 7.03. The monoisotopic (exact) mass is 249 g/mol. The van der Waals surface area contributed by atoms with Gasteiger partial charge in [0.25, 0.3) is 0 Å². The topological polar surface area (TPSA) is 26.0 Å². The third-order valence-corrected chi connectivity index (χ3v) is 4.57. The van der Waals surface area contributed by atoms with Gasteiger partial charge in [0.05, 0.1) is 4.34 Å². The van der Waals surface area contributed by atoms with Gasteiger partial charge in [0.2, 0.25) is 0 Å².